The Bertz CT molecular complexity index is 409. The highest BCUT2D eigenvalue weighted by molar-refractivity contribution is 5.67. The SMILES string of the molecule is COCCCN(CCOC)c1cccc2c1CCCN2. The van der Waals surface area contributed by atoms with E-state index < -0.39 is 0 Å². The number of hydrogen-bond acceptors (Lipinski definition) is 4. The van der Waals surface area contributed by atoms with Gasteiger partial charge in [-0.3, -0.25) is 0 Å². The number of nitrogens with one attached hydrogen (secondary N) is 1. The van der Waals surface area contributed by atoms with Crippen molar-refractivity contribution >= 4 is 11.4 Å². The summed E-state index contributed by atoms with van der Waals surface area (Å²) in [5.41, 5.74) is 4.10. The maximum absolute atomic E-state index is 5.26. The number of fused-ring (bicyclic) bond motifs is 1. The Morgan fingerprint density at radius 1 is 1.15 bits per heavy atom. The second kappa shape index (κ2) is 8.12. The Morgan fingerprint density at radius 3 is 2.80 bits per heavy atom. The maximum atomic E-state index is 5.26. The van der Waals surface area contributed by atoms with Gasteiger partial charge in [-0.1, -0.05) is 6.07 Å². The molecule has 0 atom stereocenters. The molecule has 1 heterocycles. The number of benzene rings is 1. The molecule has 0 amide bonds. The summed E-state index contributed by atoms with van der Waals surface area (Å²) in [5, 5.41) is 3.50. The van der Waals surface area contributed by atoms with E-state index in [1.807, 2.05) is 0 Å². The molecule has 1 aliphatic rings. The van der Waals surface area contributed by atoms with E-state index in [2.05, 4.69) is 28.4 Å². The van der Waals surface area contributed by atoms with Gasteiger partial charge in [0.15, 0.2) is 0 Å². The molecule has 4 nitrogen and oxygen atoms in total. The van der Waals surface area contributed by atoms with Crippen LogP contribution in [-0.4, -0.2) is 47.1 Å². The summed E-state index contributed by atoms with van der Waals surface area (Å²) in [6.45, 7) is 4.57. The highest BCUT2D eigenvalue weighted by Gasteiger charge is 2.16. The third-order valence-corrected chi connectivity index (χ3v) is 3.75. The van der Waals surface area contributed by atoms with Gasteiger partial charge in [-0.05, 0) is 37.0 Å². The smallest absolute Gasteiger partial charge is 0.0637 e. The molecule has 0 aliphatic carbocycles. The van der Waals surface area contributed by atoms with Gasteiger partial charge >= 0.3 is 0 Å². The topological polar surface area (TPSA) is 33.7 Å². The van der Waals surface area contributed by atoms with Crippen LogP contribution in [0.2, 0.25) is 0 Å². The van der Waals surface area contributed by atoms with Crippen molar-refractivity contribution in [3.05, 3.63) is 23.8 Å². The Kier molecular flexibility index (Phi) is 6.15. The molecule has 2 rings (SSSR count). The van der Waals surface area contributed by atoms with E-state index in [0.29, 0.717) is 0 Å². The average molecular weight is 278 g/mol. The molecule has 112 valence electrons. The van der Waals surface area contributed by atoms with Crippen molar-refractivity contribution in [1.82, 2.24) is 0 Å². The third-order valence-electron chi connectivity index (χ3n) is 3.75. The third kappa shape index (κ3) is 3.87. The molecule has 0 radical (unpaired) electrons. The fourth-order valence-corrected chi connectivity index (χ4v) is 2.74. The number of ether oxygens (including phenoxy) is 2. The molecule has 20 heavy (non-hydrogen) atoms. The lowest BCUT2D eigenvalue weighted by atomic mass is 10.0. The second-order valence-electron chi connectivity index (χ2n) is 5.16. The van der Waals surface area contributed by atoms with E-state index >= 15 is 0 Å². The number of hydrogen-bond donors (Lipinski definition) is 1. The van der Waals surface area contributed by atoms with E-state index in [4.69, 9.17) is 9.47 Å². The predicted octanol–water partition coefficient (Wildman–Crippen LogP) is 2.53. The molecule has 0 bridgehead atoms. The summed E-state index contributed by atoms with van der Waals surface area (Å²) in [6, 6.07) is 6.55. The van der Waals surface area contributed by atoms with Gasteiger partial charge in [0.25, 0.3) is 0 Å². The van der Waals surface area contributed by atoms with Crippen molar-refractivity contribution in [3.63, 3.8) is 0 Å². The lowest BCUT2D eigenvalue weighted by molar-refractivity contribution is 0.191. The van der Waals surface area contributed by atoms with Gasteiger partial charge in [-0.15, -0.1) is 0 Å². The predicted molar refractivity (Wildman–Crippen MR) is 83.8 cm³/mol. The summed E-state index contributed by atoms with van der Waals surface area (Å²) < 4.78 is 10.4. The van der Waals surface area contributed by atoms with Crippen LogP contribution in [-0.2, 0) is 15.9 Å². The zero-order valence-corrected chi connectivity index (χ0v) is 12.7. The van der Waals surface area contributed by atoms with E-state index in [1.54, 1.807) is 14.2 Å². The fourth-order valence-electron chi connectivity index (χ4n) is 2.74. The number of anilines is 2. The fraction of sp³-hybridized carbons (Fsp3) is 0.625. The zero-order valence-electron chi connectivity index (χ0n) is 12.7. The minimum atomic E-state index is 0.754. The highest BCUT2D eigenvalue weighted by atomic mass is 16.5. The van der Waals surface area contributed by atoms with Crippen LogP contribution in [0.25, 0.3) is 0 Å². The Hall–Kier alpha value is -1.26. The van der Waals surface area contributed by atoms with Crippen LogP contribution in [0, 0.1) is 0 Å². The molecule has 0 saturated heterocycles. The zero-order chi connectivity index (χ0) is 14.2. The van der Waals surface area contributed by atoms with Gasteiger partial charge < -0.3 is 19.7 Å². The van der Waals surface area contributed by atoms with Crippen molar-refractivity contribution in [2.75, 3.05) is 57.3 Å². The maximum Gasteiger partial charge on any atom is 0.0637 e. The summed E-state index contributed by atoms with van der Waals surface area (Å²) in [4.78, 5) is 2.42. The van der Waals surface area contributed by atoms with Crippen molar-refractivity contribution in [3.8, 4) is 0 Å². The van der Waals surface area contributed by atoms with Crippen LogP contribution in [0.5, 0.6) is 0 Å². The van der Waals surface area contributed by atoms with Crippen LogP contribution >= 0.6 is 0 Å². The highest BCUT2D eigenvalue weighted by Crippen LogP contribution is 2.31. The molecule has 1 aromatic carbocycles. The molecule has 0 aromatic heterocycles. The van der Waals surface area contributed by atoms with Crippen LogP contribution in [0.15, 0.2) is 18.2 Å². The van der Waals surface area contributed by atoms with Gasteiger partial charge in [-0.25, -0.2) is 0 Å². The molecular formula is C16H26N2O2. The van der Waals surface area contributed by atoms with Crippen LogP contribution < -0.4 is 10.2 Å². The molecule has 1 aliphatic heterocycles. The van der Waals surface area contributed by atoms with Crippen molar-refractivity contribution < 1.29 is 9.47 Å². The minimum Gasteiger partial charge on any atom is -0.385 e. The van der Waals surface area contributed by atoms with E-state index in [1.165, 1.54) is 23.4 Å². The van der Waals surface area contributed by atoms with E-state index in [-0.39, 0.29) is 0 Å². The van der Waals surface area contributed by atoms with Crippen LogP contribution in [0.4, 0.5) is 11.4 Å². The molecule has 0 saturated carbocycles. The first-order chi connectivity index (χ1) is 9.86. The van der Waals surface area contributed by atoms with Crippen molar-refractivity contribution in [1.29, 1.82) is 0 Å². The summed E-state index contributed by atoms with van der Waals surface area (Å²) in [7, 11) is 3.52. The summed E-state index contributed by atoms with van der Waals surface area (Å²) in [6.07, 6.45) is 3.41. The normalized spacial score (nSPS) is 13.7. The lowest BCUT2D eigenvalue weighted by Gasteiger charge is -2.30. The molecule has 0 unspecified atom stereocenters. The molecule has 4 heteroatoms. The summed E-state index contributed by atoms with van der Waals surface area (Å²) in [5.74, 6) is 0. The van der Waals surface area contributed by atoms with E-state index in [0.717, 1.165) is 45.7 Å². The molecule has 0 fully saturated rings. The second-order valence-corrected chi connectivity index (χ2v) is 5.16. The van der Waals surface area contributed by atoms with Gasteiger partial charge in [0.05, 0.1) is 6.61 Å². The monoisotopic (exact) mass is 278 g/mol. The quantitative estimate of drug-likeness (QED) is 0.741. The first kappa shape index (κ1) is 15.1. The first-order valence-corrected chi connectivity index (χ1v) is 7.45. The van der Waals surface area contributed by atoms with Crippen molar-refractivity contribution in [2.24, 2.45) is 0 Å². The molecule has 1 aromatic rings. The van der Waals surface area contributed by atoms with Crippen molar-refractivity contribution in [2.45, 2.75) is 19.3 Å². The average Bonchev–Trinajstić information content (AvgIpc) is 2.50. The van der Waals surface area contributed by atoms with Crippen LogP contribution in [0.3, 0.4) is 0 Å². The van der Waals surface area contributed by atoms with Gasteiger partial charge in [0.1, 0.15) is 0 Å². The number of rotatable bonds is 8. The van der Waals surface area contributed by atoms with Gasteiger partial charge in [0.2, 0.25) is 0 Å². The van der Waals surface area contributed by atoms with Crippen LogP contribution in [0.1, 0.15) is 18.4 Å². The Balaban J connectivity index is 2.14. The van der Waals surface area contributed by atoms with Gasteiger partial charge in [-0.2, -0.15) is 0 Å². The molecular weight excluding hydrogens is 252 g/mol. The number of nitrogens with zero attached hydrogens (tertiary/aromatic N) is 1. The largest absolute Gasteiger partial charge is 0.385 e. The Morgan fingerprint density at radius 2 is 2.00 bits per heavy atom. The van der Waals surface area contributed by atoms with Gasteiger partial charge in [0, 0.05) is 51.8 Å². The summed E-state index contributed by atoms with van der Waals surface area (Å²) >= 11 is 0. The minimum absolute atomic E-state index is 0.754. The first-order valence-electron chi connectivity index (χ1n) is 7.45. The Labute approximate surface area is 122 Å². The molecule has 1 N–H and O–H groups in total. The van der Waals surface area contributed by atoms with E-state index in [9.17, 15) is 0 Å². The lowest BCUT2D eigenvalue weighted by Crippen LogP contribution is -2.30. The number of methoxy groups -OCH3 is 2. The molecule has 0 spiro atoms. The standard InChI is InChI=1S/C16H26N2O2/c1-19-12-5-10-18(11-13-20-2)16-8-3-7-15-14(16)6-4-9-17-15/h3,7-8,17H,4-6,9-13H2,1-2H3.